The molecule has 0 nitrogen and oxygen atoms in total. The van der Waals surface area contributed by atoms with Crippen LogP contribution in [0.25, 0.3) is 16.8 Å². The SMILES string of the molecule is C=Cc1ccc2c(CC)c(CC)ccc2c1. The van der Waals surface area contributed by atoms with Crippen molar-refractivity contribution in [3.8, 4) is 0 Å². The van der Waals surface area contributed by atoms with Crippen molar-refractivity contribution >= 4 is 16.8 Å². The summed E-state index contributed by atoms with van der Waals surface area (Å²) in [7, 11) is 0. The maximum absolute atomic E-state index is 3.81. The fraction of sp³-hybridized carbons (Fsp3) is 0.250. The maximum Gasteiger partial charge on any atom is -0.0149 e. The van der Waals surface area contributed by atoms with E-state index in [2.05, 4.69) is 50.8 Å². The molecule has 0 aliphatic heterocycles. The standard InChI is InChI=1S/C16H18/c1-4-12-7-10-16-14(11-12)9-8-13(5-2)15(16)6-3/h4,7-11H,1,5-6H2,2-3H3. The third-order valence-electron chi connectivity index (χ3n) is 3.22. The number of benzene rings is 2. The molecule has 0 aliphatic carbocycles. The van der Waals surface area contributed by atoms with Gasteiger partial charge in [-0.2, -0.15) is 0 Å². The van der Waals surface area contributed by atoms with Gasteiger partial charge < -0.3 is 0 Å². The van der Waals surface area contributed by atoms with Crippen molar-refractivity contribution < 1.29 is 0 Å². The van der Waals surface area contributed by atoms with Gasteiger partial charge in [0.05, 0.1) is 0 Å². The molecule has 2 aromatic carbocycles. The first-order valence-corrected chi connectivity index (χ1v) is 5.97. The van der Waals surface area contributed by atoms with Crippen molar-refractivity contribution in [1.29, 1.82) is 0 Å². The Morgan fingerprint density at radius 2 is 1.88 bits per heavy atom. The molecule has 0 amide bonds. The lowest BCUT2D eigenvalue weighted by molar-refractivity contribution is 1.05. The summed E-state index contributed by atoms with van der Waals surface area (Å²) in [4.78, 5) is 0. The Kier molecular flexibility index (Phi) is 3.09. The highest BCUT2D eigenvalue weighted by Gasteiger charge is 2.04. The second-order valence-electron chi connectivity index (χ2n) is 4.10. The van der Waals surface area contributed by atoms with Crippen LogP contribution in [0.2, 0.25) is 0 Å². The van der Waals surface area contributed by atoms with Gasteiger partial charge in [-0.1, -0.05) is 50.8 Å². The Balaban J connectivity index is 2.73. The Hall–Kier alpha value is -1.56. The molecule has 0 saturated heterocycles. The molecule has 82 valence electrons. The zero-order valence-electron chi connectivity index (χ0n) is 10.1. The molecular formula is C16H18. The lowest BCUT2D eigenvalue weighted by Gasteiger charge is -2.10. The highest BCUT2D eigenvalue weighted by Crippen LogP contribution is 2.25. The number of aryl methyl sites for hydroxylation is 2. The van der Waals surface area contributed by atoms with Crippen LogP contribution in [0.1, 0.15) is 30.5 Å². The molecule has 0 unspecified atom stereocenters. The van der Waals surface area contributed by atoms with Crippen LogP contribution in [0.3, 0.4) is 0 Å². The first-order valence-electron chi connectivity index (χ1n) is 5.97. The van der Waals surface area contributed by atoms with Gasteiger partial charge in [0.25, 0.3) is 0 Å². The van der Waals surface area contributed by atoms with E-state index in [1.807, 2.05) is 6.08 Å². The van der Waals surface area contributed by atoms with Gasteiger partial charge in [-0.15, -0.1) is 0 Å². The van der Waals surface area contributed by atoms with Crippen LogP contribution in [-0.4, -0.2) is 0 Å². The Bertz CT molecular complexity index is 521. The van der Waals surface area contributed by atoms with Gasteiger partial charge in [-0.05, 0) is 46.4 Å². The van der Waals surface area contributed by atoms with E-state index >= 15 is 0 Å². The molecule has 2 rings (SSSR count). The van der Waals surface area contributed by atoms with Crippen molar-refractivity contribution in [2.24, 2.45) is 0 Å². The summed E-state index contributed by atoms with van der Waals surface area (Å²) < 4.78 is 0. The van der Waals surface area contributed by atoms with Gasteiger partial charge in [-0.25, -0.2) is 0 Å². The average molecular weight is 210 g/mol. The van der Waals surface area contributed by atoms with Crippen molar-refractivity contribution in [2.75, 3.05) is 0 Å². The molecule has 0 heterocycles. The second kappa shape index (κ2) is 4.52. The summed E-state index contributed by atoms with van der Waals surface area (Å²) in [5, 5.41) is 2.72. The van der Waals surface area contributed by atoms with Gasteiger partial charge in [0.2, 0.25) is 0 Å². The van der Waals surface area contributed by atoms with E-state index in [1.54, 1.807) is 0 Å². The van der Waals surface area contributed by atoms with Gasteiger partial charge in [0, 0.05) is 0 Å². The van der Waals surface area contributed by atoms with Gasteiger partial charge >= 0.3 is 0 Å². The lowest BCUT2D eigenvalue weighted by Crippen LogP contribution is -1.92. The average Bonchev–Trinajstić information content (AvgIpc) is 2.36. The van der Waals surface area contributed by atoms with E-state index in [0.717, 1.165) is 12.8 Å². The molecule has 0 heteroatoms. The molecule has 0 radical (unpaired) electrons. The number of fused-ring (bicyclic) bond motifs is 1. The molecular weight excluding hydrogens is 192 g/mol. The largest absolute Gasteiger partial charge is 0.0985 e. The van der Waals surface area contributed by atoms with E-state index in [9.17, 15) is 0 Å². The summed E-state index contributed by atoms with van der Waals surface area (Å²) in [5.74, 6) is 0. The third-order valence-corrected chi connectivity index (χ3v) is 3.22. The molecule has 0 aromatic heterocycles. The van der Waals surface area contributed by atoms with Crippen molar-refractivity contribution in [2.45, 2.75) is 26.7 Å². The predicted octanol–water partition coefficient (Wildman–Crippen LogP) is 4.61. The molecule has 0 fully saturated rings. The fourth-order valence-corrected chi connectivity index (χ4v) is 2.33. The highest BCUT2D eigenvalue weighted by molar-refractivity contribution is 5.88. The van der Waals surface area contributed by atoms with E-state index in [1.165, 1.54) is 27.5 Å². The molecule has 16 heavy (non-hydrogen) atoms. The number of hydrogen-bond donors (Lipinski definition) is 0. The van der Waals surface area contributed by atoms with Crippen molar-refractivity contribution in [3.05, 3.63) is 53.6 Å². The van der Waals surface area contributed by atoms with Crippen LogP contribution in [0.4, 0.5) is 0 Å². The van der Waals surface area contributed by atoms with Crippen LogP contribution in [0, 0.1) is 0 Å². The topological polar surface area (TPSA) is 0 Å². The summed E-state index contributed by atoms with van der Waals surface area (Å²) in [6.07, 6.45) is 4.12. The Morgan fingerprint density at radius 1 is 1.06 bits per heavy atom. The van der Waals surface area contributed by atoms with Crippen LogP contribution < -0.4 is 0 Å². The zero-order valence-corrected chi connectivity index (χ0v) is 10.1. The zero-order chi connectivity index (χ0) is 11.5. The lowest BCUT2D eigenvalue weighted by atomic mass is 9.95. The number of hydrogen-bond acceptors (Lipinski definition) is 0. The van der Waals surface area contributed by atoms with Crippen LogP contribution in [0.15, 0.2) is 36.9 Å². The van der Waals surface area contributed by atoms with Gasteiger partial charge in [0.1, 0.15) is 0 Å². The van der Waals surface area contributed by atoms with Crippen LogP contribution in [-0.2, 0) is 12.8 Å². The minimum atomic E-state index is 1.11. The summed E-state index contributed by atoms with van der Waals surface area (Å²) >= 11 is 0. The minimum absolute atomic E-state index is 1.11. The molecule has 0 bridgehead atoms. The summed E-state index contributed by atoms with van der Waals surface area (Å²) in [6.45, 7) is 8.27. The van der Waals surface area contributed by atoms with Gasteiger partial charge in [0.15, 0.2) is 0 Å². The first-order chi connectivity index (χ1) is 7.80. The van der Waals surface area contributed by atoms with Crippen LogP contribution in [0.5, 0.6) is 0 Å². The van der Waals surface area contributed by atoms with Crippen molar-refractivity contribution in [3.63, 3.8) is 0 Å². The molecule has 2 aromatic rings. The van der Waals surface area contributed by atoms with Crippen molar-refractivity contribution in [1.82, 2.24) is 0 Å². The second-order valence-corrected chi connectivity index (χ2v) is 4.10. The maximum atomic E-state index is 3.81. The minimum Gasteiger partial charge on any atom is -0.0985 e. The number of rotatable bonds is 3. The van der Waals surface area contributed by atoms with E-state index < -0.39 is 0 Å². The van der Waals surface area contributed by atoms with E-state index in [4.69, 9.17) is 0 Å². The smallest absolute Gasteiger partial charge is 0.0149 e. The third kappa shape index (κ3) is 1.76. The first kappa shape index (κ1) is 10.9. The Labute approximate surface area is 97.6 Å². The van der Waals surface area contributed by atoms with E-state index in [0.29, 0.717) is 0 Å². The molecule has 0 atom stereocenters. The predicted molar refractivity (Wildman–Crippen MR) is 72.8 cm³/mol. The summed E-state index contributed by atoms with van der Waals surface area (Å²) in [6, 6.07) is 11.1. The molecule has 0 saturated carbocycles. The Morgan fingerprint density at radius 3 is 2.50 bits per heavy atom. The molecule has 0 spiro atoms. The highest BCUT2D eigenvalue weighted by atomic mass is 14.1. The quantitative estimate of drug-likeness (QED) is 0.694. The monoisotopic (exact) mass is 210 g/mol. The van der Waals surface area contributed by atoms with Crippen LogP contribution >= 0.6 is 0 Å². The van der Waals surface area contributed by atoms with E-state index in [-0.39, 0.29) is 0 Å². The normalized spacial score (nSPS) is 10.6. The van der Waals surface area contributed by atoms with Gasteiger partial charge in [-0.3, -0.25) is 0 Å². The fourth-order valence-electron chi connectivity index (χ4n) is 2.33. The molecule has 0 N–H and O–H groups in total. The summed E-state index contributed by atoms with van der Waals surface area (Å²) in [5.41, 5.74) is 4.16. The molecule has 0 aliphatic rings.